The van der Waals surface area contributed by atoms with Crippen molar-refractivity contribution in [3.05, 3.63) is 153 Å². The number of ether oxygens (including phenoxy) is 2. The maximum Gasteiger partial charge on any atom is 0.320 e. The SMILES string of the molecule is CO.COC(=O)CC[C@@H]1N[C@@]2(C(=O)Nc3cc(Cl)ccc32)[C@@H](c2cccc(Cl)c2F)C1[N+](=O)[O-].COC(=O)CC[C@H](N)C(=O)O.O=C1Nc2cc(Cl)ccc2C1=O.O=[N+]([O-])/C=C/c1cccc(Cl)c1F. The molecule has 0 bridgehead atoms. The van der Waals surface area contributed by atoms with Gasteiger partial charge in [-0.15, -0.1) is 0 Å². The quantitative estimate of drug-likeness (QED) is 0.0390. The minimum Gasteiger partial charge on any atom is -0.480 e. The first-order valence-electron chi connectivity index (χ1n) is 20.0. The number of aliphatic carboxylic acids is 1. The Morgan fingerprint density at radius 2 is 1.41 bits per heavy atom. The van der Waals surface area contributed by atoms with Crippen molar-refractivity contribution in [2.75, 3.05) is 32.0 Å². The number of carbonyl (C=O) groups is 6. The zero-order chi connectivity index (χ0) is 52.6. The van der Waals surface area contributed by atoms with Crippen LogP contribution in [0.2, 0.25) is 20.1 Å². The molecule has 70 heavy (non-hydrogen) atoms. The number of carbonyl (C=O) groups excluding carboxylic acids is 5. The summed E-state index contributed by atoms with van der Waals surface area (Å²) in [7, 11) is 3.46. The van der Waals surface area contributed by atoms with E-state index in [4.69, 9.17) is 62.4 Å². The van der Waals surface area contributed by atoms with Gasteiger partial charge in [-0.25, -0.2) is 8.78 Å². The van der Waals surface area contributed by atoms with E-state index in [2.05, 4.69) is 25.4 Å². The van der Waals surface area contributed by atoms with Gasteiger partial charge in [0.15, 0.2) is 0 Å². The molecule has 3 heterocycles. The number of hydrogen-bond acceptors (Lipinski definition) is 15. The fourth-order valence-electron chi connectivity index (χ4n) is 7.19. The summed E-state index contributed by atoms with van der Waals surface area (Å²) in [5, 5.41) is 46.3. The molecule has 20 nitrogen and oxygen atoms in total. The van der Waals surface area contributed by atoms with Crippen molar-refractivity contribution >= 4 is 99.4 Å². The first kappa shape index (κ1) is 57.7. The number of fused-ring (bicyclic) bond motifs is 3. The highest BCUT2D eigenvalue weighted by atomic mass is 35.5. The molecule has 26 heteroatoms. The Balaban J connectivity index is 0.000000280. The fraction of sp³-hybridized carbons (Fsp3) is 0.273. The number of Topliss-reactive ketones (excluding diaryl/α,β-unsaturated/α-hetero) is 1. The number of methoxy groups -OCH3 is 2. The first-order valence-corrected chi connectivity index (χ1v) is 21.5. The summed E-state index contributed by atoms with van der Waals surface area (Å²) in [5.41, 5.74) is 5.16. The van der Waals surface area contributed by atoms with Crippen LogP contribution in [0.5, 0.6) is 0 Å². The molecule has 1 saturated heterocycles. The molecule has 0 aromatic heterocycles. The molecule has 0 aliphatic carbocycles. The minimum atomic E-state index is -1.66. The van der Waals surface area contributed by atoms with E-state index in [1.165, 1.54) is 62.8 Å². The second kappa shape index (κ2) is 26.4. The van der Waals surface area contributed by atoms with Crippen LogP contribution in [-0.4, -0.2) is 95.0 Å². The zero-order valence-electron chi connectivity index (χ0n) is 36.8. The molecular formula is C44H42Cl4F2N6O14. The molecule has 0 radical (unpaired) electrons. The Kier molecular flexibility index (Phi) is 21.7. The maximum absolute atomic E-state index is 15.2. The Labute approximate surface area is 416 Å². The van der Waals surface area contributed by atoms with Gasteiger partial charge in [0.1, 0.15) is 23.2 Å². The van der Waals surface area contributed by atoms with E-state index in [-0.39, 0.29) is 46.9 Å². The van der Waals surface area contributed by atoms with E-state index < -0.39 is 86.6 Å². The van der Waals surface area contributed by atoms with Crippen LogP contribution in [-0.2, 0) is 39.0 Å². The van der Waals surface area contributed by atoms with Crippen LogP contribution in [0.3, 0.4) is 0 Å². The highest BCUT2D eigenvalue weighted by molar-refractivity contribution is 6.52. The van der Waals surface area contributed by atoms with Crippen molar-refractivity contribution in [3.63, 3.8) is 0 Å². The number of hydrogen-bond donors (Lipinski definition) is 6. The third-order valence-corrected chi connectivity index (χ3v) is 11.4. The summed E-state index contributed by atoms with van der Waals surface area (Å²) in [6.45, 7) is 0. The number of nitrogens with zero attached hydrogens (tertiary/aromatic N) is 2. The third-order valence-electron chi connectivity index (χ3n) is 10.3. The number of esters is 2. The molecule has 1 spiro atoms. The van der Waals surface area contributed by atoms with Crippen LogP contribution < -0.4 is 21.7 Å². The van der Waals surface area contributed by atoms with Crippen LogP contribution in [0.25, 0.3) is 6.08 Å². The van der Waals surface area contributed by atoms with E-state index in [1.54, 1.807) is 24.3 Å². The number of rotatable bonds is 11. The second-order valence-corrected chi connectivity index (χ2v) is 16.2. The number of amides is 2. The van der Waals surface area contributed by atoms with Gasteiger partial charge < -0.3 is 36.1 Å². The Morgan fingerprint density at radius 1 is 0.843 bits per heavy atom. The second-order valence-electron chi connectivity index (χ2n) is 14.5. The van der Waals surface area contributed by atoms with Crippen LogP contribution in [0.4, 0.5) is 20.2 Å². The number of nitrogens with two attached hydrogens (primary N) is 1. The summed E-state index contributed by atoms with van der Waals surface area (Å²) < 4.78 is 37.2. The van der Waals surface area contributed by atoms with Crippen molar-refractivity contribution in [1.82, 2.24) is 5.32 Å². The van der Waals surface area contributed by atoms with Crippen molar-refractivity contribution in [2.24, 2.45) is 5.73 Å². The molecular weight excluding hydrogens is 1020 g/mol. The molecule has 1 unspecified atom stereocenters. The summed E-state index contributed by atoms with van der Waals surface area (Å²) in [5.74, 6) is -6.50. The maximum atomic E-state index is 15.2. The van der Waals surface area contributed by atoms with E-state index >= 15 is 4.39 Å². The van der Waals surface area contributed by atoms with E-state index in [9.17, 15) is 53.4 Å². The standard InChI is InChI=1S/C21H18Cl2FN3O5.C8H5ClFNO2.C8H4ClNO2.C6H11NO4.CH4O/c1-32-16(28)8-7-14-19(27(30)31)17(11-3-2-4-13(23)18(11)24)21(26-14)12-6-5-10(22)9-15(12)25-20(21)29;9-7-3-1-2-6(8(7)10)4-5-11(12)13;9-4-1-2-5-6(3-4)10-8(12)7(5)11;1-11-5(8)3-2-4(7)6(9)10;1-2/h2-6,9,14,17,19,26H,7-8H2,1H3,(H,25,29);1-5H;1-3H,(H,10,11,12);4H,2-3,7H2,1H3,(H,9,10);2H,1H3/b;5-4+;;;/t14-,17-,19?,21+;;;4-;/m0..0./s1. The lowest BCUT2D eigenvalue weighted by atomic mass is 9.74. The fourth-order valence-corrected chi connectivity index (χ4v) is 7.90. The number of nitrogens with one attached hydrogen (secondary N) is 3. The van der Waals surface area contributed by atoms with Gasteiger partial charge in [-0.05, 0) is 55.3 Å². The van der Waals surface area contributed by atoms with E-state index in [0.717, 1.165) is 13.2 Å². The summed E-state index contributed by atoms with van der Waals surface area (Å²) >= 11 is 23.2. The van der Waals surface area contributed by atoms with Crippen molar-refractivity contribution in [2.45, 2.75) is 55.3 Å². The molecule has 1 fully saturated rings. The van der Waals surface area contributed by atoms with Crippen molar-refractivity contribution < 1.29 is 67.1 Å². The van der Waals surface area contributed by atoms with Crippen LogP contribution in [0.15, 0.2) is 79.0 Å². The van der Waals surface area contributed by atoms with Gasteiger partial charge >= 0.3 is 17.9 Å². The number of ketones is 1. The van der Waals surface area contributed by atoms with Gasteiger partial charge in [0.05, 0.1) is 52.4 Å². The lowest BCUT2D eigenvalue weighted by molar-refractivity contribution is -0.527. The molecule has 5 atom stereocenters. The van der Waals surface area contributed by atoms with Crippen LogP contribution in [0, 0.1) is 31.9 Å². The lowest BCUT2D eigenvalue weighted by Crippen LogP contribution is -2.49. The van der Waals surface area contributed by atoms with Crippen molar-refractivity contribution in [1.29, 1.82) is 0 Å². The van der Waals surface area contributed by atoms with Crippen LogP contribution >= 0.6 is 46.4 Å². The topological polar surface area (TPSA) is 310 Å². The highest BCUT2D eigenvalue weighted by Gasteiger charge is 2.67. The van der Waals surface area contributed by atoms with E-state index in [1.807, 2.05) is 0 Å². The monoisotopic (exact) mass is 1060 g/mol. The van der Waals surface area contributed by atoms with Gasteiger partial charge in [-0.3, -0.25) is 54.3 Å². The molecule has 0 saturated carbocycles. The predicted molar refractivity (Wildman–Crippen MR) is 252 cm³/mol. The first-order chi connectivity index (χ1) is 33.1. The largest absolute Gasteiger partial charge is 0.480 e. The molecule has 2 amide bonds. The number of benzene rings is 4. The zero-order valence-corrected chi connectivity index (χ0v) is 39.8. The smallest absolute Gasteiger partial charge is 0.320 e. The molecule has 3 aliphatic heterocycles. The van der Waals surface area contributed by atoms with Gasteiger partial charge in [0.2, 0.25) is 18.1 Å². The molecule has 4 aromatic rings. The summed E-state index contributed by atoms with van der Waals surface area (Å²) in [4.78, 5) is 88.5. The number of nitro groups is 2. The van der Waals surface area contributed by atoms with Crippen molar-refractivity contribution in [3.8, 4) is 0 Å². The summed E-state index contributed by atoms with van der Waals surface area (Å²) in [6, 6.07) is 14.5. The number of anilines is 2. The Morgan fingerprint density at radius 3 is 2.00 bits per heavy atom. The molecule has 7 N–H and O–H groups in total. The Hall–Kier alpha value is -6.66. The predicted octanol–water partition coefficient (Wildman–Crippen LogP) is 6.80. The minimum absolute atomic E-state index is 0.00889. The van der Waals surface area contributed by atoms with Crippen LogP contribution in [0.1, 0.15) is 58.6 Å². The average molecular weight is 1060 g/mol. The number of carboxylic acids is 1. The third kappa shape index (κ3) is 14.2. The average Bonchev–Trinajstić information content (AvgIpc) is 3.92. The van der Waals surface area contributed by atoms with Gasteiger partial charge in [-0.1, -0.05) is 76.7 Å². The number of aliphatic hydroxyl groups is 1. The molecule has 7 rings (SSSR count). The molecule has 4 aromatic carbocycles. The molecule has 374 valence electrons. The number of aliphatic hydroxyl groups excluding tert-OH is 1. The number of halogens is 6. The van der Waals surface area contributed by atoms with Gasteiger partial charge in [-0.2, -0.15) is 0 Å². The highest BCUT2D eigenvalue weighted by Crippen LogP contribution is 2.54. The summed E-state index contributed by atoms with van der Waals surface area (Å²) in [6.07, 6.45) is 1.77. The van der Waals surface area contributed by atoms with Gasteiger partial charge in [0.25, 0.3) is 11.7 Å². The van der Waals surface area contributed by atoms with Gasteiger partial charge in [0, 0.05) is 63.4 Å². The Bertz CT molecular complexity index is 2680. The van der Waals surface area contributed by atoms with E-state index in [0.29, 0.717) is 38.7 Å². The molecule has 3 aliphatic rings. The number of carboxylic acid groups (broad SMARTS) is 1. The lowest BCUT2D eigenvalue weighted by Gasteiger charge is -2.30. The normalized spacial score (nSPS) is 18.4.